The molecule has 1 aliphatic rings. The fourth-order valence-electron chi connectivity index (χ4n) is 2.64. The molecule has 0 bridgehead atoms. The van der Waals surface area contributed by atoms with Crippen LogP contribution in [-0.4, -0.2) is 19.5 Å². The van der Waals surface area contributed by atoms with Gasteiger partial charge in [0.1, 0.15) is 5.82 Å². The predicted octanol–water partition coefficient (Wildman–Crippen LogP) is 3.00. The molecule has 3 rings (SSSR count). The number of anilines is 2. The van der Waals surface area contributed by atoms with Crippen molar-refractivity contribution in [3.8, 4) is 0 Å². The van der Waals surface area contributed by atoms with Gasteiger partial charge in [-0.15, -0.1) is 0 Å². The topological polar surface area (TPSA) is 32.3 Å². The zero-order valence-corrected chi connectivity index (χ0v) is 11.9. The first-order valence-electron chi connectivity index (χ1n) is 7.00. The van der Waals surface area contributed by atoms with Crippen molar-refractivity contribution in [3.05, 3.63) is 59.4 Å². The van der Waals surface area contributed by atoms with Gasteiger partial charge in [-0.3, -0.25) is 4.79 Å². The van der Waals surface area contributed by atoms with Gasteiger partial charge in [0.15, 0.2) is 0 Å². The molecular formula is C17H17FN2O. The Morgan fingerprint density at radius 2 is 2.00 bits per heavy atom. The summed E-state index contributed by atoms with van der Waals surface area (Å²) in [4.78, 5) is 14.2. The van der Waals surface area contributed by atoms with Crippen LogP contribution in [-0.2, 0) is 17.6 Å². The lowest BCUT2D eigenvalue weighted by atomic mass is 10.1. The molecular weight excluding hydrogens is 267 g/mol. The van der Waals surface area contributed by atoms with Crippen molar-refractivity contribution in [3.63, 3.8) is 0 Å². The van der Waals surface area contributed by atoms with E-state index in [-0.39, 0.29) is 18.1 Å². The first-order valence-corrected chi connectivity index (χ1v) is 7.00. The highest BCUT2D eigenvalue weighted by atomic mass is 19.1. The number of rotatable bonds is 3. The molecule has 0 saturated carbocycles. The molecule has 1 amide bonds. The Bertz CT molecular complexity index is 667. The molecule has 0 radical (unpaired) electrons. The molecule has 0 aliphatic carbocycles. The van der Waals surface area contributed by atoms with Crippen LogP contribution in [0.3, 0.4) is 0 Å². The molecule has 108 valence electrons. The summed E-state index contributed by atoms with van der Waals surface area (Å²) in [5, 5.41) is 2.90. The van der Waals surface area contributed by atoms with E-state index in [2.05, 4.69) is 17.3 Å². The van der Waals surface area contributed by atoms with Crippen molar-refractivity contribution < 1.29 is 9.18 Å². The summed E-state index contributed by atoms with van der Waals surface area (Å²) in [5.74, 6) is -0.380. The maximum Gasteiger partial charge on any atom is 0.228 e. The molecule has 1 N–H and O–H groups in total. The number of carbonyl (C=O) groups excluding carboxylic acids is 1. The lowest BCUT2D eigenvalue weighted by molar-refractivity contribution is -0.115. The van der Waals surface area contributed by atoms with Crippen LogP contribution in [0.1, 0.15) is 11.1 Å². The SMILES string of the molecule is CN1CCc2cc(NC(=O)Cc3ccc(F)cc3)ccc21. The molecule has 4 heteroatoms. The minimum atomic E-state index is -0.290. The smallest absolute Gasteiger partial charge is 0.228 e. The number of amides is 1. The Hall–Kier alpha value is -2.36. The Kier molecular flexibility index (Phi) is 3.60. The van der Waals surface area contributed by atoms with Crippen molar-refractivity contribution in [1.82, 2.24) is 0 Å². The van der Waals surface area contributed by atoms with Crippen molar-refractivity contribution in [1.29, 1.82) is 0 Å². The van der Waals surface area contributed by atoms with E-state index in [1.54, 1.807) is 12.1 Å². The zero-order chi connectivity index (χ0) is 14.8. The summed E-state index contributed by atoms with van der Waals surface area (Å²) in [7, 11) is 2.07. The van der Waals surface area contributed by atoms with Gasteiger partial charge in [-0.25, -0.2) is 4.39 Å². The van der Waals surface area contributed by atoms with Gasteiger partial charge in [-0.05, 0) is 47.9 Å². The molecule has 21 heavy (non-hydrogen) atoms. The fourth-order valence-corrected chi connectivity index (χ4v) is 2.64. The molecule has 0 fully saturated rings. The number of nitrogens with one attached hydrogen (secondary N) is 1. The number of nitrogens with zero attached hydrogens (tertiary/aromatic N) is 1. The summed E-state index contributed by atoms with van der Waals surface area (Å²) in [6, 6.07) is 12.0. The molecule has 0 atom stereocenters. The Labute approximate surface area is 123 Å². The van der Waals surface area contributed by atoms with Crippen LogP contribution >= 0.6 is 0 Å². The van der Waals surface area contributed by atoms with Gasteiger partial charge in [0.25, 0.3) is 0 Å². The molecule has 1 heterocycles. The molecule has 0 spiro atoms. The van der Waals surface area contributed by atoms with Crippen LogP contribution < -0.4 is 10.2 Å². The molecule has 0 saturated heterocycles. The Balaban J connectivity index is 1.66. The third kappa shape index (κ3) is 3.05. The highest BCUT2D eigenvalue weighted by molar-refractivity contribution is 5.92. The van der Waals surface area contributed by atoms with Crippen molar-refractivity contribution >= 4 is 17.3 Å². The number of carbonyl (C=O) groups is 1. The van der Waals surface area contributed by atoms with Gasteiger partial charge >= 0.3 is 0 Å². The van der Waals surface area contributed by atoms with Crippen LogP contribution in [0.2, 0.25) is 0 Å². The second-order valence-electron chi connectivity index (χ2n) is 5.37. The van der Waals surface area contributed by atoms with Gasteiger partial charge in [0.2, 0.25) is 5.91 Å². The van der Waals surface area contributed by atoms with E-state index in [1.165, 1.54) is 23.4 Å². The average Bonchev–Trinajstić information content (AvgIpc) is 2.82. The van der Waals surface area contributed by atoms with Gasteiger partial charge in [0, 0.05) is 25.0 Å². The Morgan fingerprint density at radius 3 is 2.76 bits per heavy atom. The van der Waals surface area contributed by atoms with Crippen LogP contribution in [0.25, 0.3) is 0 Å². The monoisotopic (exact) mass is 284 g/mol. The van der Waals surface area contributed by atoms with Crippen molar-refractivity contribution in [2.75, 3.05) is 23.8 Å². The maximum absolute atomic E-state index is 12.8. The van der Waals surface area contributed by atoms with Gasteiger partial charge < -0.3 is 10.2 Å². The van der Waals surface area contributed by atoms with Crippen LogP contribution in [0.4, 0.5) is 15.8 Å². The summed E-state index contributed by atoms with van der Waals surface area (Å²) in [6.07, 6.45) is 1.25. The highest BCUT2D eigenvalue weighted by Crippen LogP contribution is 2.29. The second-order valence-corrected chi connectivity index (χ2v) is 5.37. The van der Waals surface area contributed by atoms with Crippen LogP contribution in [0.5, 0.6) is 0 Å². The molecule has 3 nitrogen and oxygen atoms in total. The number of fused-ring (bicyclic) bond motifs is 1. The van der Waals surface area contributed by atoms with Crippen LogP contribution in [0.15, 0.2) is 42.5 Å². The quantitative estimate of drug-likeness (QED) is 0.939. The van der Waals surface area contributed by atoms with Crippen molar-refractivity contribution in [2.24, 2.45) is 0 Å². The van der Waals surface area contributed by atoms with E-state index in [9.17, 15) is 9.18 Å². The number of benzene rings is 2. The second kappa shape index (κ2) is 5.56. The lowest BCUT2D eigenvalue weighted by Crippen LogP contribution is -2.14. The molecule has 2 aromatic rings. The van der Waals surface area contributed by atoms with E-state index in [4.69, 9.17) is 0 Å². The van der Waals surface area contributed by atoms with E-state index in [0.717, 1.165) is 24.2 Å². The Morgan fingerprint density at radius 1 is 1.24 bits per heavy atom. The van der Waals surface area contributed by atoms with Crippen LogP contribution in [0, 0.1) is 5.82 Å². The molecule has 0 aromatic heterocycles. The molecule has 1 aliphatic heterocycles. The molecule has 2 aromatic carbocycles. The van der Waals surface area contributed by atoms with E-state index in [1.807, 2.05) is 18.2 Å². The van der Waals surface area contributed by atoms with Gasteiger partial charge in [0.05, 0.1) is 6.42 Å². The number of halogens is 1. The lowest BCUT2D eigenvalue weighted by Gasteiger charge is -2.12. The normalized spacial score (nSPS) is 13.1. The van der Waals surface area contributed by atoms with Gasteiger partial charge in [-0.1, -0.05) is 12.1 Å². The number of hydrogen-bond acceptors (Lipinski definition) is 2. The van der Waals surface area contributed by atoms with Crippen molar-refractivity contribution in [2.45, 2.75) is 12.8 Å². The molecule has 0 unspecified atom stereocenters. The maximum atomic E-state index is 12.8. The minimum Gasteiger partial charge on any atom is -0.374 e. The third-order valence-electron chi connectivity index (χ3n) is 3.77. The summed E-state index contributed by atoms with van der Waals surface area (Å²) >= 11 is 0. The third-order valence-corrected chi connectivity index (χ3v) is 3.77. The van der Waals surface area contributed by atoms with E-state index >= 15 is 0 Å². The average molecular weight is 284 g/mol. The van der Waals surface area contributed by atoms with Gasteiger partial charge in [-0.2, -0.15) is 0 Å². The van der Waals surface area contributed by atoms with E-state index < -0.39 is 0 Å². The fraction of sp³-hybridized carbons (Fsp3) is 0.235. The number of likely N-dealkylation sites (N-methyl/N-ethyl adjacent to an activating group) is 1. The minimum absolute atomic E-state index is 0.0899. The zero-order valence-electron chi connectivity index (χ0n) is 11.9. The largest absolute Gasteiger partial charge is 0.374 e. The summed E-state index contributed by atoms with van der Waals surface area (Å²) in [5.41, 5.74) is 4.11. The first kappa shape index (κ1) is 13.6. The van der Waals surface area contributed by atoms with E-state index in [0.29, 0.717) is 0 Å². The highest BCUT2D eigenvalue weighted by Gasteiger charge is 2.16. The summed E-state index contributed by atoms with van der Waals surface area (Å²) < 4.78 is 12.8. The summed E-state index contributed by atoms with van der Waals surface area (Å²) in [6.45, 7) is 1.02. The number of hydrogen-bond donors (Lipinski definition) is 1. The predicted molar refractivity (Wildman–Crippen MR) is 82.1 cm³/mol. The first-order chi connectivity index (χ1) is 10.1. The standard InChI is InChI=1S/C17H17FN2O/c1-20-9-8-13-11-15(6-7-16(13)20)19-17(21)10-12-2-4-14(18)5-3-12/h2-7,11H,8-10H2,1H3,(H,19,21).